The van der Waals surface area contributed by atoms with Gasteiger partial charge in [0.05, 0.1) is 0 Å². The predicted octanol–water partition coefficient (Wildman–Crippen LogP) is 5.87. The van der Waals surface area contributed by atoms with Crippen LogP contribution in [0.1, 0.15) is 23.1 Å². The van der Waals surface area contributed by atoms with Crippen LogP contribution in [0.5, 0.6) is 5.75 Å². The van der Waals surface area contributed by atoms with Gasteiger partial charge in [-0.05, 0) is 53.4 Å². The van der Waals surface area contributed by atoms with Gasteiger partial charge in [0.1, 0.15) is 12.4 Å². The van der Waals surface area contributed by atoms with Crippen LogP contribution in [0.4, 0.5) is 0 Å². The molecule has 3 rings (SSSR count). The summed E-state index contributed by atoms with van der Waals surface area (Å²) >= 11 is 6.20. The first-order valence-electron chi connectivity index (χ1n) is 9.61. The van der Waals surface area contributed by atoms with Gasteiger partial charge in [-0.25, -0.2) is 0 Å². The van der Waals surface area contributed by atoms with Crippen molar-refractivity contribution in [1.82, 2.24) is 5.32 Å². The fourth-order valence-corrected chi connectivity index (χ4v) is 3.45. The molecule has 0 radical (unpaired) electrons. The standard InChI is InChI=1S/C25H26ClNO/c1-27-18-19-28-23-14-12-22(13-15-23)25(21-10-6-3-7-11-21)24(16-17-26)20-8-4-2-5-9-20/h2-15,27H,16-19H2,1H3/b25-24+. The summed E-state index contributed by atoms with van der Waals surface area (Å²) in [5, 5.41) is 3.09. The van der Waals surface area contributed by atoms with Crippen LogP contribution in [-0.2, 0) is 0 Å². The smallest absolute Gasteiger partial charge is 0.119 e. The minimum absolute atomic E-state index is 0.575. The molecule has 3 aromatic rings. The maximum Gasteiger partial charge on any atom is 0.119 e. The Morgan fingerprint density at radius 1 is 0.786 bits per heavy atom. The van der Waals surface area contributed by atoms with Gasteiger partial charge in [-0.1, -0.05) is 72.8 Å². The van der Waals surface area contributed by atoms with Crippen molar-refractivity contribution in [1.29, 1.82) is 0 Å². The minimum atomic E-state index is 0.575. The molecule has 0 bridgehead atoms. The van der Waals surface area contributed by atoms with Crippen molar-refractivity contribution in [3.05, 3.63) is 102 Å². The van der Waals surface area contributed by atoms with Crippen molar-refractivity contribution in [2.24, 2.45) is 0 Å². The molecule has 144 valence electrons. The fourth-order valence-electron chi connectivity index (χ4n) is 3.26. The van der Waals surface area contributed by atoms with Crippen molar-refractivity contribution in [3.63, 3.8) is 0 Å². The highest BCUT2D eigenvalue weighted by Gasteiger charge is 2.14. The molecule has 0 saturated carbocycles. The van der Waals surface area contributed by atoms with E-state index in [-0.39, 0.29) is 0 Å². The lowest BCUT2D eigenvalue weighted by atomic mass is 9.88. The van der Waals surface area contributed by atoms with E-state index < -0.39 is 0 Å². The maximum atomic E-state index is 6.20. The van der Waals surface area contributed by atoms with Crippen molar-refractivity contribution in [2.45, 2.75) is 6.42 Å². The Bertz CT molecular complexity index is 873. The number of ether oxygens (including phenoxy) is 1. The molecule has 0 aliphatic rings. The quantitative estimate of drug-likeness (QED) is 0.279. The summed E-state index contributed by atoms with van der Waals surface area (Å²) in [6, 6.07) is 29.4. The van der Waals surface area contributed by atoms with Crippen LogP contribution in [0.25, 0.3) is 11.1 Å². The predicted molar refractivity (Wildman–Crippen MR) is 120 cm³/mol. The molecule has 1 N–H and O–H groups in total. The van der Waals surface area contributed by atoms with Crippen molar-refractivity contribution >= 4 is 22.7 Å². The molecule has 0 unspecified atom stereocenters. The second kappa shape index (κ2) is 10.7. The second-order valence-corrected chi connectivity index (χ2v) is 6.88. The van der Waals surface area contributed by atoms with Crippen LogP contribution >= 0.6 is 11.6 Å². The van der Waals surface area contributed by atoms with Gasteiger partial charge < -0.3 is 10.1 Å². The molecule has 0 saturated heterocycles. The summed E-state index contributed by atoms with van der Waals surface area (Å²) in [6.07, 6.45) is 0.802. The Kier molecular flexibility index (Phi) is 7.71. The average Bonchev–Trinajstić information content (AvgIpc) is 2.76. The van der Waals surface area contributed by atoms with E-state index in [2.05, 4.69) is 66.0 Å². The Balaban J connectivity index is 2.07. The first-order chi connectivity index (χ1) is 13.8. The number of alkyl halides is 1. The Hall–Kier alpha value is -2.55. The number of hydrogen-bond acceptors (Lipinski definition) is 2. The first kappa shape index (κ1) is 20.2. The molecule has 0 atom stereocenters. The highest BCUT2D eigenvalue weighted by molar-refractivity contribution is 6.18. The van der Waals surface area contributed by atoms with Gasteiger partial charge in [-0.3, -0.25) is 0 Å². The van der Waals surface area contributed by atoms with Gasteiger partial charge in [-0.15, -0.1) is 11.6 Å². The van der Waals surface area contributed by atoms with Gasteiger partial charge in [0.2, 0.25) is 0 Å². The number of rotatable bonds is 9. The number of benzene rings is 3. The number of allylic oxidation sites excluding steroid dienone is 1. The number of hydrogen-bond donors (Lipinski definition) is 1. The van der Waals surface area contributed by atoms with E-state index in [1.807, 2.05) is 31.3 Å². The van der Waals surface area contributed by atoms with Crippen LogP contribution < -0.4 is 10.1 Å². The van der Waals surface area contributed by atoms with E-state index >= 15 is 0 Å². The lowest BCUT2D eigenvalue weighted by Crippen LogP contribution is -2.15. The molecule has 3 aromatic carbocycles. The third kappa shape index (κ3) is 5.25. The highest BCUT2D eigenvalue weighted by Crippen LogP contribution is 2.35. The molecule has 0 aromatic heterocycles. The summed E-state index contributed by atoms with van der Waals surface area (Å²) in [5.74, 6) is 1.45. The molecule has 0 fully saturated rings. The molecule has 28 heavy (non-hydrogen) atoms. The van der Waals surface area contributed by atoms with Gasteiger partial charge in [0.15, 0.2) is 0 Å². The summed E-state index contributed by atoms with van der Waals surface area (Å²) in [5.41, 5.74) is 6.03. The van der Waals surface area contributed by atoms with Crippen LogP contribution in [0.2, 0.25) is 0 Å². The molecular weight excluding hydrogens is 366 g/mol. The van der Waals surface area contributed by atoms with E-state index in [4.69, 9.17) is 16.3 Å². The van der Waals surface area contributed by atoms with Crippen LogP contribution in [-0.4, -0.2) is 26.1 Å². The van der Waals surface area contributed by atoms with Crippen LogP contribution in [0.15, 0.2) is 84.9 Å². The lowest BCUT2D eigenvalue weighted by molar-refractivity contribution is 0.318. The maximum absolute atomic E-state index is 6.20. The minimum Gasteiger partial charge on any atom is -0.492 e. The zero-order valence-electron chi connectivity index (χ0n) is 16.2. The van der Waals surface area contributed by atoms with Crippen molar-refractivity contribution in [3.8, 4) is 5.75 Å². The Morgan fingerprint density at radius 3 is 1.93 bits per heavy atom. The molecule has 0 amide bonds. The van der Waals surface area contributed by atoms with Crippen molar-refractivity contribution in [2.75, 3.05) is 26.1 Å². The van der Waals surface area contributed by atoms with Gasteiger partial charge in [-0.2, -0.15) is 0 Å². The number of halogens is 1. The second-order valence-electron chi connectivity index (χ2n) is 6.50. The third-order valence-corrected chi connectivity index (χ3v) is 4.78. The molecule has 3 heteroatoms. The summed E-state index contributed by atoms with van der Waals surface area (Å²) in [6.45, 7) is 1.48. The topological polar surface area (TPSA) is 21.3 Å². The largest absolute Gasteiger partial charge is 0.492 e. The number of likely N-dealkylation sites (N-methyl/N-ethyl adjacent to an activating group) is 1. The molecular formula is C25H26ClNO. The van der Waals surface area contributed by atoms with E-state index in [1.54, 1.807) is 0 Å². The molecule has 0 spiro atoms. The summed E-state index contributed by atoms with van der Waals surface area (Å²) < 4.78 is 5.78. The molecule has 2 nitrogen and oxygen atoms in total. The van der Waals surface area contributed by atoms with E-state index in [0.29, 0.717) is 12.5 Å². The van der Waals surface area contributed by atoms with E-state index in [1.165, 1.54) is 22.3 Å². The third-order valence-electron chi connectivity index (χ3n) is 4.59. The van der Waals surface area contributed by atoms with E-state index in [9.17, 15) is 0 Å². The highest BCUT2D eigenvalue weighted by atomic mass is 35.5. The van der Waals surface area contributed by atoms with Crippen LogP contribution in [0.3, 0.4) is 0 Å². The van der Waals surface area contributed by atoms with Gasteiger partial charge >= 0.3 is 0 Å². The number of nitrogens with one attached hydrogen (secondary N) is 1. The zero-order valence-corrected chi connectivity index (χ0v) is 17.0. The Morgan fingerprint density at radius 2 is 1.36 bits per heavy atom. The van der Waals surface area contributed by atoms with Gasteiger partial charge in [0, 0.05) is 12.4 Å². The Labute approximate surface area is 172 Å². The summed E-state index contributed by atoms with van der Waals surface area (Å²) in [7, 11) is 1.92. The average molecular weight is 392 g/mol. The fraction of sp³-hybridized carbons (Fsp3) is 0.200. The van der Waals surface area contributed by atoms with Gasteiger partial charge in [0.25, 0.3) is 0 Å². The molecule has 0 aliphatic carbocycles. The van der Waals surface area contributed by atoms with Crippen molar-refractivity contribution < 1.29 is 4.74 Å². The SMILES string of the molecule is CNCCOc1ccc(/C(=C(\CCCl)c2ccccc2)c2ccccc2)cc1. The monoisotopic (exact) mass is 391 g/mol. The van der Waals surface area contributed by atoms with E-state index in [0.717, 1.165) is 24.3 Å². The van der Waals surface area contributed by atoms with Crippen LogP contribution in [0, 0.1) is 0 Å². The molecule has 0 aliphatic heterocycles. The molecule has 0 heterocycles. The normalized spacial score (nSPS) is 11.8. The zero-order chi connectivity index (χ0) is 19.6. The lowest BCUT2D eigenvalue weighted by Gasteiger charge is -2.17. The summed E-state index contributed by atoms with van der Waals surface area (Å²) in [4.78, 5) is 0. The first-order valence-corrected chi connectivity index (χ1v) is 10.1.